The molecule has 0 saturated carbocycles. The third kappa shape index (κ3) is 19.3. The van der Waals surface area contributed by atoms with Crippen molar-refractivity contribution in [3.05, 3.63) is 0 Å². The summed E-state index contributed by atoms with van der Waals surface area (Å²) in [6, 6.07) is 0. The molecule has 0 amide bonds. The van der Waals surface area contributed by atoms with Crippen LogP contribution in [0.1, 0.15) is 106 Å². The first kappa shape index (κ1) is 29.9. The van der Waals surface area contributed by atoms with E-state index in [0.717, 1.165) is 57.9 Å². The van der Waals surface area contributed by atoms with E-state index in [1.807, 2.05) is 0 Å². The van der Waals surface area contributed by atoms with Crippen LogP contribution in [0.3, 0.4) is 0 Å². The molecule has 6 nitrogen and oxygen atoms in total. The monoisotopic (exact) mass is 443 g/mol. The van der Waals surface area contributed by atoms with Gasteiger partial charge in [-0.05, 0) is 71.3 Å². The Morgan fingerprint density at radius 1 is 0.710 bits per heavy atom. The Kier molecular flexibility index (Phi) is 15.9. The van der Waals surface area contributed by atoms with E-state index in [1.54, 1.807) is 0 Å². The summed E-state index contributed by atoms with van der Waals surface area (Å²) in [6.45, 7) is 15.6. The van der Waals surface area contributed by atoms with E-state index in [9.17, 15) is 9.59 Å². The maximum absolute atomic E-state index is 12.1. The molecule has 0 saturated heterocycles. The van der Waals surface area contributed by atoms with Gasteiger partial charge < -0.3 is 14.6 Å². The van der Waals surface area contributed by atoms with Crippen LogP contribution in [0.25, 0.3) is 0 Å². The fraction of sp³-hybridized carbons (Fsp3) is 0.920. The number of rotatable bonds is 17. The molecule has 0 bridgehead atoms. The highest BCUT2D eigenvalue weighted by molar-refractivity contribution is 5.69. The molecule has 6 heteroatoms. The second-order valence-electron chi connectivity index (χ2n) is 10.6. The van der Waals surface area contributed by atoms with E-state index in [2.05, 4.69) is 46.4 Å². The van der Waals surface area contributed by atoms with Crippen molar-refractivity contribution in [3.8, 4) is 0 Å². The summed E-state index contributed by atoms with van der Waals surface area (Å²) >= 11 is 0. The van der Waals surface area contributed by atoms with Gasteiger partial charge in [0.2, 0.25) is 0 Å². The summed E-state index contributed by atoms with van der Waals surface area (Å²) in [5, 5.41) is 8.86. The Labute approximate surface area is 191 Å². The summed E-state index contributed by atoms with van der Waals surface area (Å²) in [5.74, 6) is -0.277. The highest BCUT2D eigenvalue weighted by Crippen LogP contribution is 2.20. The Hall–Kier alpha value is -1.14. The van der Waals surface area contributed by atoms with Crippen LogP contribution < -0.4 is 0 Å². The molecule has 0 rings (SSSR count). The third-order valence-corrected chi connectivity index (χ3v) is 5.26. The fourth-order valence-electron chi connectivity index (χ4n) is 3.15. The van der Waals surface area contributed by atoms with Gasteiger partial charge in [0.15, 0.2) is 0 Å². The van der Waals surface area contributed by atoms with Gasteiger partial charge in [-0.3, -0.25) is 14.5 Å². The van der Waals surface area contributed by atoms with E-state index in [0.29, 0.717) is 32.6 Å². The van der Waals surface area contributed by atoms with Crippen molar-refractivity contribution in [1.29, 1.82) is 0 Å². The third-order valence-electron chi connectivity index (χ3n) is 5.26. The number of hydrogen-bond donors (Lipinski definition) is 1. The van der Waals surface area contributed by atoms with Crippen LogP contribution in [0.2, 0.25) is 0 Å². The number of hydrogen-bond acceptors (Lipinski definition) is 6. The second kappa shape index (κ2) is 16.5. The van der Waals surface area contributed by atoms with E-state index in [-0.39, 0.29) is 29.5 Å². The van der Waals surface area contributed by atoms with Crippen LogP contribution in [0.5, 0.6) is 0 Å². The fourth-order valence-corrected chi connectivity index (χ4v) is 3.15. The molecule has 0 fully saturated rings. The van der Waals surface area contributed by atoms with Crippen LogP contribution in [0.4, 0.5) is 0 Å². The largest absolute Gasteiger partial charge is 0.466 e. The maximum Gasteiger partial charge on any atom is 0.307 e. The number of carbonyl (C=O) groups is 2. The van der Waals surface area contributed by atoms with E-state index >= 15 is 0 Å². The van der Waals surface area contributed by atoms with Crippen molar-refractivity contribution in [2.24, 2.45) is 5.41 Å². The zero-order valence-corrected chi connectivity index (χ0v) is 21.1. The molecule has 0 aliphatic heterocycles. The Bertz CT molecular complexity index is 479. The van der Waals surface area contributed by atoms with Crippen molar-refractivity contribution >= 4 is 11.9 Å². The van der Waals surface area contributed by atoms with Gasteiger partial charge in [0.1, 0.15) is 0 Å². The summed E-state index contributed by atoms with van der Waals surface area (Å²) in [4.78, 5) is 26.1. The average molecular weight is 444 g/mol. The Balaban J connectivity index is 3.83. The molecular formula is C25H49NO5. The van der Waals surface area contributed by atoms with Gasteiger partial charge >= 0.3 is 11.9 Å². The molecule has 184 valence electrons. The Morgan fingerprint density at radius 3 is 1.74 bits per heavy atom. The highest BCUT2D eigenvalue weighted by Gasteiger charge is 2.21. The van der Waals surface area contributed by atoms with E-state index in [4.69, 9.17) is 14.6 Å². The molecule has 0 heterocycles. The molecule has 0 spiro atoms. The number of ether oxygens (including phenoxy) is 2. The minimum Gasteiger partial charge on any atom is -0.466 e. The summed E-state index contributed by atoms with van der Waals surface area (Å²) in [6.07, 6.45) is 8.26. The number of nitrogens with zero attached hydrogens (tertiary/aromatic N) is 1. The van der Waals surface area contributed by atoms with Gasteiger partial charge in [-0.15, -0.1) is 0 Å². The van der Waals surface area contributed by atoms with E-state index < -0.39 is 0 Å². The molecule has 0 unspecified atom stereocenters. The average Bonchev–Trinajstić information content (AvgIpc) is 2.66. The van der Waals surface area contributed by atoms with Gasteiger partial charge in [0, 0.05) is 25.1 Å². The molecule has 0 aliphatic carbocycles. The SMILES string of the molecule is CC(C)(C)CCC(=O)OCCCCCOC(=O)CCN(CCCCCCO)C(C)(C)C. The lowest BCUT2D eigenvalue weighted by atomic mass is 9.91. The minimum absolute atomic E-state index is 0.0155. The van der Waals surface area contributed by atoms with Gasteiger partial charge in [0.25, 0.3) is 0 Å². The molecule has 0 radical (unpaired) electrons. The van der Waals surface area contributed by atoms with E-state index in [1.165, 1.54) is 0 Å². The number of aliphatic hydroxyl groups is 1. The predicted octanol–water partition coefficient (Wildman–Crippen LogP) is 5.11. The number of unbranched alkanes of at least 4 members (excludes halogenated alkanes) is 5. The van der Waals surface area contributed by atoms with Crippen LogP contribution in [0, 0.1) is 5.41 Å². The van der Waals surface area contributed by atoms with Crippen molar-refractivity contribution in [3.63, 3.8) is 0 Å². The van der Waals surface area contributed by atoms with Gasteiger partial charge in [-0.25, -0.2) is 0 Å². The number of aliphatic hydroxyl groups excluding tert-OH is 1. The predicted molar refractivity (Wildman–Crippen MR) is 126 cm³/mol. The topological polar surface area (TPSA) is 76.1 Å². The van der Waals surface area contributed by atoms with Gasteiger partial charge in [0.05, 0.1) is 19.6 Å². The van der Waals surface area contributed by atoms with Crippen molar-refractivity contribution < 1.29 is 24.2 Å². The first-order chi connectivity index (χ1) is 14.5. The molecule has 0 aromatic rings. The van der Waals surface area contributed by atoms with Crippen molar-refractivity contribution in [1.82, 2.24) is 4.90 Å². The quantitative estimate of drug-likeness (QED) is 0.249. The number of esters is 2. The summed E-state index contributed by atoms with van der Waals surface area (Å²) in [5.41, 5.74) is 0.161. The molecule has 1 N–H and O–H groups in total. The summed E-state index contributed by atoms with van der Waals surface area (Å²) in [7, 11) is 0. The standard InChI is InChI=1S/C25H49NO5/c1-24(2,3)16-14-22(28)30-20-12-9-13-21-31-23(29)15-18-26(25(4,5)6)17-10-7-8-11-19-27/h27H,7-21H2,1-6H3. The lowest BCUT2D eigenvalue weighted by molar-refractivity contribution is -0.144. The van der Waals surface area contributed by atoms with Crippen molar-refractivity contribution in [2.75, 3.05) is 32.9 Å². The van der Waals surface area contributed by atoms with Gasteiger partial charge in [-0.1, -0.05) is 33.6 Å². The van der Waals surface area contributed by atoms with Crippen molar-refractivity contribution in [2.45, 2.75) is 111 Å². The Morgan fingerprint density at radius 2 is 1.23 bits per heavy atom. The lowest BCUT2D eigenvalue weighted by Gasteiger charge is -2.35. The zero-order valence-electron chi connectivity index (χ0n) is 21.1. The zero-order chi connectivity index (χ0) is 23.8. The lowest BCUT2D eigenvalue weighted by Crippen LogP contribution is -2.43. The molecule has 31 heavy (non-hydrogen) atoms. The second-order valence-corrected chi connectivity index (χ2v) is 10.6. The molecule has 0 aromatic carbocycles. The maximum atomic E-state index is 12.1. The van der Waals surface area contributed by atoms with Crippen LogP contribution in [0.15, 0.2) is 0 Å². The highest BCUT2D eigenvalue weighted by atomic mass is 16.5. The minimum atomic E-state index is -0.150. The normalized spacial score (nSPS) is 12.3. The molecule has 0 aromatic heterocycles. The molecular weight excluding hydrogens is 394 g/mol. The smallest absolute Gasteiger partial charge is 0.307 e. The first-order valence-electron chi connectivity index (χ1n) is 12.1. The summed E-state index contributed by atoms with van der Waals surface area (Å²) < 4.78 is 10.6. The molecule has 0 atom stereocenters. The number of carbonyl (C=O) groups excluding carboxylic acids is 2. The first-order valence-corrected chi connectivity index (χ1v) is 12.1. The molecule has 0 aliphatic rings. The van der Waals surface area contributed by atoms with Crippen LogP contribution >= 0.6 is 0 Å². The van der Waals surface area contributed by atoms with Crippen LogP contribution in [-0.2, 0) is 19.1 Å². The van der Waals surface area contributed by atoms with Crippen LogP contribution in [-0.4, -0.2) is 60.4 Å². The van der Waals surface area contributed by atoms with Gasteiger partial charge in [-0.2, -0.15) is 0 Å².